The third-order valence-corrected chi connectivity index (χ3v) is 3.24. The van der Waals surface area contributed by atoms with Crippen LogP contribution in [0.5, 0.6) is 0 Å². The van der Waals surface area contributed by atoms with E-state index in [0.29, 0.717) is 13.0 Å². The second-order valence-electron chi connectivity index (χ2n) is 4.70. The molecule has 2 aliphatic rings. The highest BCUT2D eigenvalue weighted by atomic mass is 16.5. The molecule has 0 amide bonds. The number of hydrogen-bond donors (Lipinski definition) is 1. The molecule has 1 aliphatic heterocycles. The normalized spacial score (nSPS) is 21.8. The lowest BCUT2D eigenvalue weighted by molar-refractivity contribution is -0.143. The average molecular weight is 242 g/mol. The molecule has 4 heteroatoms. The molecule has 0 aromatic rings. The lowest BCUT2D eigenvalue weighted by atomic mass is 9.90. The van der Waals surface area contributed by atoms with Crippen LogP contribution in [0.1, 0.15) is 57.8 Å². The van der Waals surface area contributed by atoms with Gasteiger partial charge in [0.25, 0.3) is 0 Å². The molecule has 1 heterocycles. The number of rotatable bonds is 1. The summed E-state index contributed by atoms with van der Waals surface area (Å²) in [4.78, 5) is 20.8. The summed E-state index contributed by atoms with van der Waals surface area (Å²) in [5, 5.41) is 8.54. The minimum Gasteiger partial charge on any atom is -0.481 e. The molecule has 0 aromatic heterocycles. The zero-order valence-corrected chi connectivity index (χ0v) is 10.3. The van der Waals surface area contributed by atoms with Crippen LogP contribution in [0.15, 0.2) is 0 Å². The van der Waals surface area contributed by atoms with Crippen molar-refractivity contribution in [2.24, 2.45) is 5.92 Å². The Bertz CT molecular complexity index is 234. The number of cyclic esters (lactones) is 1. The first-order chi connectivity index (χ1) is 8.20. The Morgan fingerprint density at radius 3 is 2.29 bits per heavy atom. The summed E-state index contributed by atoms with van der Waals surface area (Å²) in [6.07, 6.45) is 9.07. The molecule has 1 N–H and O–H groups in total. The molecule has 0 spiro atoms. The molecule has 98 valence electrons. The Balaban J connectivity index is 0.000000171. The molecule has 2 fully saturated rings. The van der Waals surface area contributed by atoms with Gasteiger partial charge in [-0.1, -0.05) is 19.3 Å². The van der Waals surface area contributed by atoms with Gasteiger partial charge in [0.15, 0.2) is 0 Å². The number of carboxylic acid groups (broad SMARTS) is 1. The monoisotopic (exact) mass is 242 g/mol. The average Bonchev–Trinajstić information content (AvgIpc) is 2.59. The van der Waals surface area contributed by atoms with Gasteiger partial charge in [0, 0.05) is 6.42 Å². The second kappa shape index (κ2) is 8.09. The zero-order valence-electron chi connectivity index (χ0n) is 10.3. The van der Waals surface area contributed by atoms with Gasteiger partial charge in [0.1, 0.15) is 0 Å². The van der Waals surface area contributed by atoms with E-state index in [2.05, 4.69) is 0 Å². The lowest BCUT2D eigenvalue weighted by Gasteiger charge is -2.16. The number of ether oxygens (including phenoxy) is 1. The van der Waals surface area contributed by atoms with Gasteiger partial charge < -0.3 is 9.84 Å². The maximum Gasteiger partial charge on any atom is 0.306 e. The maximum absolute atomic E-state index is 10.5. The molecule has 1 aliphatic carbocycles. The van der Waals surface area contributed by atoms with Gasteiger partial charge >= 0.3 is 11.9 Å². The van der Waals surface area contributed by atoms with Gasteiger partial charge in [-0.05, 0) is 32.1 Å². The van der Waals surface area contributed by atoms with Crippen molar-refractivity contribution in [3.63, 3.8) is 0 Å². The van der Waals surface area contributed by atoms with E-state index in [1.54, 1.807) is 0 Å². The number of carboxylic acids is 1. The number of aliphatic carboxylic acids is 1. The second-order valence-corrected chi connectivity index (χ2v) is 4.70. The van der Waals surface area contributed by atoms with Crippen LogP contribution in [0, 0.1) is 5.92 Å². The summed E-state index contributed by atoms with van der Waals surface area (Å²) in [7, 11) is 0. The molecular formula is C13H22O4. The molecule has 0 bridgehead atoms. The minimum absolute atomic E-state index is 0.0255. The number of carbonyl (C=O) groups is 2. The van der Waals surface area contributed by atoms with E-state index in [9.17, 15) is 9.59 Å². The van der Waals surface area contributed by atoms with Crippen molar-refractivity contribution in [2.75, 3.05) is 6.61 Å². The van der Waals surface area contributed by atoms with E-state index in [1.165, 1.54) is 6.42 Å². The van der Waals surface area contributed by atoms with E-state index < -0.39 is 5.97 Å². The molecule has 2 rings (SSSR count). The number of esters is 1. The summed E-state index contributed by atoms with van der Waals surface area (Å²) < 4.78 is 4.76. The van der Waals surface area contributed by atoms with Crippen LogP contribution < -0.4 is 0 Å². The summed E-state index contributed by atoms with van der Waals surface area (Å²) in [6.45, 7) is 0.638. The minimum atomic E-state index is -0.602. The fraction of sp³-hybridized carbons (Fsp3) is 0.846. The first-order valence-corrected chi connectivity index (χ1v) is 6.58. The summed E-state index contributed by atoms with van der Waals surface area (Å²) in [5.74, 6) is -0.657. The molecule has 1 saturated heterocycles. The predicted octanol–water partition coefficient (Wildman–Crippen LogP) is 2.75. The van der Waals surface area contributed by atoms with Gasteiger partial charge in [-0.15, -0.1) is 0 Å². The maximum atomic E-state index is 10.5. The van der Waals surface area contributed by atoms with Gasteiger partial charge in [-0.3, -0.25) is 9.59 Å². The van der Waals surface area contributed by atoms with Crippen molar-refractivity contribution in [3.8, 4) is 0 Å². The molecule has 0 radical (unpaired) electrons. The fourth-order valence-electron chi connectivity index (χ4n) is 2.16. The van der Waals surface area contributed by atoms with Gasteiger partial charge in [-0.2, -0.15) is 0 Å². The molecule has 1 saturated carbocycles. The van der Waals surface area contributed by atoms with Crippen LogP contribution in [0.3, 0.4) is 0 Å². The van der Waals surface area contributed by atoms with Gasteiger partial charge in [0.05, 0.1) is 12.5 Å². The van der Waals surface area contributed by atoms with Crippen LogP contribution in [0.2, 0.25) is 0 Å². The summed E-state index contributed by atoms with van der Waals surface area (Å²) >= 11 is 0. The fourth-order valence-corrected chi connectivity index (χ4v) is 2.16. The van der Waals surface area contributed by atoms with Gasteiger partial charge in [0.2, 0.25) is 0 Å². The molecule has 0 atom stereocenters. The summed E-state index contributed by atoms with van der Waals surface area (Å²) in [5.41, 5.74) is 0. The van der Waals surface area contributed by atoms with Crippen molar-refractivity contribution in [2.45, 2.75) is 57.8 Å². The van der Waals surface area contributed by atoms with Crippen LogP contribution in [0.25, 0.3) is 0 Å². The Hall–Kier alpha value is -1.06. The van der Waals surface area contributed by atoms with E-state index >= 15 is 0 Å². The largest absolute Gasteiger partial charge is 0.481 e. The lowest BCUT2D eigenvalue weighted by Crippen LogP contribution is -2.16. The van der Waals surface area contributed by atoms with E-state index in [1.807, 2.05) is 0 Å². The molecule has 17 heavy (non-hydrogen) atoms. The standard InChI is InChI=1S/C7H12O2.C6H10O2/c8-7(9)6-4-2-1-3-5-6;7-6-4-2-1-3-5-8-6/h6H,1-5H2,(H,8,9);1-5H2. The molecular weight excluding hydrogens is 220 g/mol. The van der Waals surface area contributed by atoms with Crippen molar-refractivity contribution in [1.29, 1.82) is 0 Å². The smallest absolute Gasteiger partial charge is 0.306 e. The molecule has 0 unspecified atom stereocenters. The highest BCUT2D eigenvalue weighted by Crippen LogP contribution is 2.23. The topological polar surface area (TPSA) is 63.6 Å². The zero-order chi connectivity index (χ0) is 12.5. The predicted molar refractivity (Wildman–Crippen MR) is 63.6 cm³/mol. The van der Waals surface area contributed by atoms with Crippen LogP contribution in [-0.4, -0.2) is 23.7 Å². The van der Waals surface area contributed by atoms with Crippen molar-refractivity contribution < 1.29 is 19.4 Å². The van der Waals surface area contributed by atoms with Crippen molar-refractivity contribution in [3.05, 3.63) is 0 Å². The summed E-state index contributed by atoms with van der Waals surface area (Å²) in [6, 6.07) is 0. The van der Waals surface area contributed by atoms with Crippen LogP contribution in [-0.2, 0) is 14.3 Å². The van der Waals surface area contributed by atoms with E-state index in [0.717, 1.165) is 44.9 Å². The number of hydrogen-bond acceptors (Lipinski definition) is 3. The Morgan fingerprint density at radius 1 is 1.06 bits per heavy atom. The Morgan fingerprint density at radius 2 is 1.71 bits per heavy atom. The first kappa shape index (κ1) is 14.0. The van der Waals surface area contributed by atoms with E-state index in [-0.39, 0.29) is 11.9 Å². The highest BCUT2D eigenvalue weighted by Gasteiger charge is 2.19. The van der Waals surface area contributed by atoms with Crippen molar-refractivity contribution >= 4 is 11.9 Å². The van der Waals surface area contributed by atoms with Gasteiger partial charge in [-0.25, -0.2) is 0 Å². The number of carbonyl (C=O) groups excluding carboxylic acids is 1. The molecule has 0 aromatic carbocycles. The first-order valence-electron chi connectivity index (χ1n) is 6.58. The highest BCUT2D eigenvalue weighted by molar-refractivity contribution is 5.70. The third-order valence-electron chi connectivity index (χ3n) is 3.24. The SMILES string of the molecule is O=C(O)C1CCCCC1.O=C1CCCCCO1. The quantitative estimate of drug-likeness (QED) is 0.718. The third kappa shape index (κ3) is 6.29. The Labute approximate surface area is 102 Å². The van der Waals surface area contributed by atoms with Crippen LogP contribution >= 0.6 is 0 Å². The van der Waals surface area contributed by atoms with Crippen molar-refractivity contribution in [1.82, 2.24) is 0 Å². The Kier molecular flexibility index (Phi) is 6.67. The van der Waals surface area contributed by atoms with E-state index in [4.69, 9.17) is 9.84 Å². The molecule has 4 nitrogen and oxygen atoms in total. The van der Waals surface area contributed by atoms with Crippen LogP contribution in [0.4, 0.5) is 0 Å².